The van der Waals surface area contributed by atoms with Gasteiger partial charge in [-0.2, -0.15) is 50.5 Å². The summed E-state index contributed by atoms with van der Waals surface area (Å²) < 4.78 is 3.25. The third-order valence-corrected chi connectivity index (χ3v) is 7.74. The zero-order chi connectivity index (χ0) is 23.8. The van der Waals surface area contributed by atoms with Crippen LogP contribution < -0.4 is 0 Å². The normalized spacial score (nSPS) is 11.2. The maximum Gasteiger partial charge on any atom is 0.0858 e. The van der Waals surface area contributed by atoms with Crippen molar-refractivity contribution in [3.8, 4) is 0 Å². The van der Waals surface area contributed by atoms with E-state index >= 15 is 0 Å². The van der Waals surface area contributed by atoms with Gasteiger partial charge in [-0.05, 0) is 0 Å². The molecule has 0 aliphatic heterocycles. The fourth-order valence-electron chi connectivity index (χ4n) is 0.844. The van der Waals surface area contributed by atoms with Crippen molar-refractivity contribution >= 4 is 71.7 Å². The summed E-state index contributed by atoms with van der Waals surface area (Å²) in [6.07, 6.45) is 4.55. The monoisotopic (exact) mass is 606 g/mol. The summed E-state index contributed by atoms with van der Waals surface area (Å²) in [6, 6.07) is 0. The SMILES string of the molecule is CCC[CH2][Sn][CH2]CCC.OCC(O)CS.OCC(O)CS.OCCS.OCCS. The summed E-state index contributed by atoms with van der Waals surface area (Å²) in [5.41, 5.74) is 0. The summed E-state index contributed by atoms with van der Waals surface area (Å²) in [4.78, 5) is 0. The van der Waals surface area contributed by atoms with Crippen molar-refractivity contribution in [2.75, 3.05) is 49.4 Å². The fourth-order valence-corrected chi connectivity index (χ4v) is 5.23. The molecule has 0 aromatic rings. The van der Waals surface area contributed by atoms with Gasteiger partial charge in [-0.25, -0.2) is 0 Å². The van der Waals surface area contributed by atoms with E-state index in [1.54, 1.807) is 8.87 Å². The Labute approximate surface area is 211 Å². The summed E-state index contributed by atoms with van der Waals surface area (Å²) in [5.74, 6) is 1.80. The molecule has 6 N–H and O–H groups in total. The number of aliphatic hydroxyl groups excluding tert-OH is 6. The van der Waals surface area contributed by atoms with Crippen LogP contribution in [0.25, 0.3) is 0 Å². The predicted molar refractivity (Wildman–Crippen MR) is 141 cm³/mol. The van der Waals surface area contributed by atoms with Crippen molar-refractivity contribution in [1.82, 2.24) is 0 Å². The Bertz CT molecular complexity index is 195. The van der Waals surface area contributed by atoms with Crippen LogP contribution in [0.2, 0.25) is 8.87 Å². The molecule has 182 valence electrons. The quantitative estimate of drug-likeness (QED) is 0.0936. The van der Waals surface area contributed by atoms with E-state index in [2.05, 4.69) is 64.4 Å². The van der Waals surface area contributed by atoms with Crippen LogP contribution in [0.1, 0.15) is 39.5 Å². The van der Waals surface area contributed by atoms with Gasteiger partial charge in [-0.1, -0.05) is 0 Å². The second-order valence-corrected chi connectivity index (χ2v) is 11.3. The Morgan fingerprint density at radius 1 is 0.655 bits per heavy atom. The first-order valence-electron chi connectivity index (χ1n) is 9.80. The smallest absolute Gasteiger partial charge is 0.0858 e. The first-order valence-corrected chi connectivity index (χ1v) is 16.4. The van der Waals surface area contributed by atoms with Crippen LogP contribution in [0.3, 0.4) is 0 Å². The predicted octanol–water partition coefficient (Wildman–Crippen LogP) is 1.48. The molecule has 0 aliphatic rings. The number of rotatable bonds is 12. The van der Waals surface area contributed by atoms with Crippen LogP contribution in [-0.4, -0.2) is 113 Å². The summed E-state index contributed by atoms with van der Waals surface area (Å²) >= 11 is 14.9. The molecule has 2 radical (unpaired) electrons. The molecule has 0 amide bonds. The number of thiol groups is 4. The van der Waals surface area contributed by atoms with Crippen molar-refractivity contribution in [3.63, 3.8) is 0 Å². The van der Waals surface area contributed by atoms with E-state index in [-0.39, 0.29) is 47.6 Å². The first kappa shape index (κ1) is 41.2. The van der Waals surface area contributed by atoms with Crippen molar-refractivity contribution in [3.05, 3.63) is 0 Å². The van der Waals surface area contributed by atoms with Crippen LogP contribution in [-0.2, 0) is 0 Å². The third-order valence-electron chi connectivity index (χ3n) is 2.46. The molecule has 0 aromatic carbocycles. The Kier molecular flexibility index (Phi) is 67.8. The average Bonchev–Trinajstić information content (AvgIpc) is 2.78. The molecule has 0 rings (SSSR count). The number of aliphatic hydroxyl groups is 6. The fraction of sp³-hybridized carbons (Fsp3) is 1.00. The Hall–Kier alpha value is 1.96. The second kappa shape index (κ2) is 47.7. The average molecular weight is 606 g/mol. The van der Waals surface area contributed by atoms with Crippen LogP contribution in [0, 0.1) is 0 Å². The summed E-state index contributed by atoms with van der Waals surface area (Å²) in [6.45, 7) is 4.57. The molecule has 0 bridgehead atoms. The summed E-state index contributed by atoms with van der Waals surface area (Å²) in [7, 11) is 0. The van der Waals surface area contributed by atoms with E-state index in [1.807, 2.05) is 0 Å². The Morgan fingerprint density at radius 3 is 1.03 bits per heavy atom. The van der Waals surface area contributed by atoms with E-state index in [0.29, 0.717) is 23.0 Å². The van der Waals surface area contributed by atoms with Crippen LogP contribution in [0.15, 0.2) is 0 Å². The van der Waals surface area contributed by atoms with Gasteiger partial charge < -0.3 is 30.6 Å². The maximum absolute atomic E-state index is 8.34. The molecule has 0 saturated carbocycles. The van der Waals surface area contributed by atoms with Gasteiger partial charge in [0.2, 0.25) is 0 Å². The molecule has 0 spiro atoms. The van der Waals surface area contributed by atoms with Crippen molar-refractivity contribution in [2.45, 2.75) is 60.6 Å². The van der Waals surface area contributed by atoms with Gasteiger partial charge in [0, 0.05) is 23.0 Å². The zero-order valence-corrected chi connectivity index (χ0v) is 24.5. The minimum absolute atomic E-state index is 0.149. The van der Waals surface area contributed by atoms with Gasteiger partial charge in [-0.15, -0.1) is 0 Å². The van der Waals surface area contributed by atoms with Gasteiger partial charge in [0.05, 0.1) is 38.6 Å². The van der Waals surface area contributed by atoms with Crippen LogP contribution in [0.5, 0.6) is 0 Å². The largest absolute Gasteiger partial charge is 0.396 e. The Morgan fingerprint density at radius 2 is 0.931 bits per heavy atom. The number of hydrogen-bond acceptors (Lipinski definition) is 10. The van der Waals surface area contributed by atoms with E-state index in [9.17, 15) is 0 Å². The molecule has 6 nitrogen and oxygen atoms in total. The molecule has 2 unspecified atom stereocenters. The van der Waals surface area contributed by atoms with Gasteiger partial charge >= 0.3 is 69.5 Å². The molecule has 0 heterocycles. The molecule has 0 aliphatic carbocycles. The molecular formula is C18H46O6S4Sn. The molecule has 29 heavy (non-hydrogen) atoms. The zero-order valence-electron chi connectivity index (χ0n) is 18.0. The molecule has 11 heteroatoms. The van der Waals surface area contributed by atoms with Gasteiger partial charge in [0.1, 0.15) is 0 Å². The van der Waals surface area contributed by atoms with Crippen molar-refractivity contribution in [1.29, 1.82) is 0 Å². The summed E-state index contributed by atoms with van der Waals surface area (Å²) in [5, 5.41) is 48.3. The van der Waals surface area contributed by atoms with Gasteiger partial charge in [-0.3, -0.25) is 0 Å². The van der Waals surface area contributed by atoms with Crippen molar-refractivity contribution in [2.24, 2.45) is 0 Å². The molecule has 0 saturated heterocycles. The molecule has 0 fully saturated rings. The minimum Gasteiger partial charge on any atom is -0.396 e. The number of unbranched alkanes of at least 4 members (excludes halogenated alkanes) is 2. The second-order valence-electron chi connectivity index (χ2n) is 5.39. The standard InChI is InChI=1S/2C4H9.2C3H8O2S.2C2H6OS.Sn/c2*1-3-4-2;2*4-1-3(5)2-6;2*3-1-2-4;/h2*1,3-4H2,2H3;2*3-6H,1-2H2;2*3-4H,1-2H2;. The van der Waals surface area contributed by atoms with Gasteiger partial charge in [0.15, 0.2) is 0 Å². The third kappa shape index (κ3) is 72.6. The minimum atomic E-state index is -0.645. The van der Waals surface area contributed by atoms with Crippen LogP contribution in [0.4, 0.5) is 0 Å². The number of hydrogen-bond donors (Lipinski definition) is 10. The van der Waals surface area contributed by atoms with Gasteiger partial charge in [0.25, 0.3) is 0 Å². The van der Waals surface area contributed by atoms with Crippen LogP contribution >= 0.6 is 50.5 Å². The first-order chi connectivity index (χ1) is 13.9. The van der Waals surface area contributed by atoms with E-state index in [0.717, 1.165) is 0 Å². The van der Waals surface area contributed by atoms with Crippen molar-refractivity contribution < 1.29 is 30.6 Å². The Balaban J connectivity index is -0.0000000860. The maximum atomic E-state index is 8.34. The van der Waals surface area contributed by atoms with E-state index in [1.165, 1.54) is 25.7 Å². The molecule has 0 aromatic heterocycles. The molecule has 2 atom stereocenters. The van der Waals surface area contributed by atoms with E-state index < -0.39 is 12.2 Å². The molecular weight excluding hydrogens is 559 g/mol. The van der Waals surface area contributed by atoms with E-state index in [4.69, 9.17) is 30.6 Å². The topological polar surface area (TPSA) is 121 Å².